The van der Waals surface area contributed by atoms with Crippen LogP contribution in [0, 0.1) is 14.8 Å². The first-order valence-corrected chi connectivity index (χ1v) is 17.5. The van der Waals surface area contributed by atoms with E-state index in [0.29, 0.717) is 0 Å². The molecular weight excluding hydrogens is 502 g/mol. The highest BCUT2D eigenvalue weighted by molar-refractivity contribution is 4.53. The van der Waals surface area contributed by atoms with Crippen molar-refractivity contribution >= 4 is 0 Å². The zero-order chi connectivity index (χ0) is 26.5. The summed E-state index contributed by atoms with van der Waals surface area (Å²) in [5.41, 5.74) is 0. The molecule has 0 bridgehead atoms. The Kier molecular flexibility index (Phi) is 32.7. The van der Waals surface area contributed by atoms with Crippen molar-refractivity contribution in [1.29, 1.82) is 0 Å². The van der Waals surface area contributed by atoms with E-state index in [-0.39, 0.29) is 0 Å². The summed E-state index contributed by atoms with van der Waals surface area (Å²) in [4.78, 5) is 0. The smallest absolute Gasteiger partial charge is 0.216 e. The minimum Gasteiger partial charge on any atom is -0.405 e. The Morgan fingerprint density at radius 2 is 0.543 bits per heavy atom. The summed E-state index contributed by atoms with van der Waals surface area (Å²) in [6.45, 7) is 15.2. The lowest BCUT2D eigenvalue weighted by Crippen LogP contribution is -2.50. The molecule has 0 rings (SSSR count). The molecule has 214 valence electrons. The molecule has 0 saturated heterocycles. The third-order valence-corrected chi connectivity index (χ3v) is 7.44. The van der Waals surface area contributed by atoms with Crippen molar-refractivity contribution in [3.8, 4) is 0 Å². The molecule has 0 amide bonds. The summed E-state index contributed by atoms with van der Waals surface area (Å²) in [5.74, 6) is 0. The van der Waals surface area contributed by atoms with Crippen LogP contribution in [0.15, 0.2) is 0 Å². The first kappa shape index (κ1) is 37.5. The molecular formula is C30H64BrNO3. The van der Waals surface area contributed by atoms with Crippen LogP contribution in [-0.2, 0) is 0 Å². The van der Waals surface area contributed by atoms with Gasteiger partial charge in [0.05, 0.1) is 26.2 Å². The van der Waals surface area contributed by atoms with Crippen LogP contribution in [0.25, 0.3) is 0 Å². The maximum absolute atomic E-state index is 8.52. The summed E-state index contributed by atoms with van der Waals surface area (Å²) in [5, 5.41) is 0. The van der Waals surface area contributed by atoms with Crippen molar-refractivity contribution in [1.82, 2.24) is 0 Å². The second-order valence-corrected chi connectivity index (χ2v) is 11.6. The van der Waals surface area contributed by atoms with Gasteiger partial charge >= 0.3 is 0 Å². The maximum Gasteiger partial charge on any atom is 0.216 e. The van der Waals surface area contributed by atoms with Gasteiger partial charge in [0, 0.05) is 0 Å². The molecule has 0 N–H and O–H groups in total. The fourth-order valence-electron chi connectivity index (χ4n) is 5.15. The Bertz CT molecular complexity index is 358. The second-order valence-electron chi connectivity index (χ2n) is 10.8. The van der Waals surface area contributed by atoms with Crippen LogP contribution < -0.4 is 12.6 Å². The fraction of sp³-hybridized carbons (Fsp3) is 1.00. The number of hydrogen-bond acceptors (Lipinski definition) is 3. The minimum atomic E-state index is -3.65. The Morgan fingerprint density at radius 3 is 0.800 bits per heavy atom. The predicted molar refractivity (Wildman–Crippen MR) is 144 cm³/mol. The molecule has 0 spiro atoms. The second kappa shape index (κ2) is 30.5. The number of halogens is 1. The first-order chi connectivity index (χ1) is 17.0. The SMILES string of the molecule is CCCCCCCCCCCCCCCCCC[N+](CCCC)(CCCC)CCCC.[O-][Br+2]([O-])[O-]. The third kappa shape index (κ3) is 30.4. The van der Waals surface area contributed by atoms with Crippen molar-refractivity contribution in [2.75, 3.05) is 26.2 Å². The van der Waals surface area contributed by atoms with E-state index in [1.165, 1.54) is 172 Å². The monoisotopic (exact) mass is 565 g/mol. The van der Waals surface area contributed by atoms with E-state index in [9.17, 15) is 0 Å². The van der Waals surface area contributed by atoms with Gasteiger partial charge in [-0.2, -0.15) is 0 Å². The van der Waals surface area contributed by atoms with E-state index in [1.807, 2.05) is 0 Å². The van der Waals surface area contributed by atoms with Crippen LogP contribution in [-0.4, -0.2) is 30.7 Å². The normalized spacial score (nSPS) is 11.7. The first-order valence-electron chi connectivity index (χ1n) is 15.6. The van der Waals surface area contributed by atoms with Crippen molar-refractivity contribution in [2.24, 2.45) is 0 Å². The van der Waals surface area contributed by atoms with Gasteiger partial charge < -0.3 is 17.1 Å². The van der Waals surface area contributed by atoms with Gasteiger partial charge in [-0.25, -0.2) is 0 Å². The molecule has 4 nitrogen and oxygen atoms in total. The van der Waals surface area contributed by atoms with E-state index in [4.69, 9.17) is 12.6 Å². The summed E-state index contributed by atoms with van der Waals surface area (Å²) in [7, 11) is 0. The summed E-state index contributed by atoms with van der Waals surface area (Å²) >= 11 is -3.65. The maximum atomic E-state index is 8.52. The highest BCUT2D eigenvalue weighted by atomic mass is 80.0. The van der Waals surface area contributed by atoms with Gasteiger partial charge in [-0.15, -0.1) is 0 Å². The Labute approximate surface area is 226 Å². The number of quaternary nitrogens is 1. The largest absolute Gasteiger partial charge is 0.405 e. The number of hydrogen-bond donors (Lipinski definition) is 0. The predicted octanol–water partition coefficient (Wildman–Crippen LogP) is 6.90. The third-order valence-electron chi connectivity index (χ3n) is 7.44. The average molecular weight is 567 g/mol. The topological polar surface area (TPSA) is 69.2 Å². The lowest BCUT2D eigenvalue weighted by Gasteiger charge is -2.39. The van der Waals surface area contributed by atoms with Crippen molar-refractivity contribution < 1.29 is 31.9 Å². The zero-order valence-electron chi connectivity index (χ0n) is 24.4. The van der Waals surface area contributed by atoms with Crippen molar-refractivity contribution in [3.05, 3.63) is 0 Å². The zero-order valence-corrected chi connectivity index (χ0v) is 26.0. The van der Waals surface area contributed by atoms with Crippen LogP contribution in [0.2, 0.25) is 0 Å². The molecule has 0 aliphatic rings. The van der Waals surface area contributed by atoms with Gasteiger partial charge in [-0.1, -0.05) is 137 Å². The van der Waals surface area contributed by atoms with Crippen molar-refractivity contribution in [2.45, 2.75) is 169 Å². The molecule has 0 aliphatic carbocycles. The van der Waals surface area contributed by atoms with E-state index in [1.54, 1.807) is 0 Å². The molecule has 0 aromatic heterocycles. The van der Waals surface area contributed by atoms with Gasteiger partial charge in [-0.3, -0.25) is 0 Å². The lowest BCUT2D eigenvalue weighted by molar-refractivity contribution is -1.73. The number of unbranched alkanes of at least 4 members (excludes halogenated alkanes) is 18. The van der Waals surface area contributed by atoms with E-state index in [0.717, 1.165) is 0 Å². The molecule has 5 heteroatoms. The van der Waals surface area contributed by atoms with Gasteiger partial charge in [0.1, 0.15) is 0 Å². The minimum absolute atomic E-state index is 1.36. The number of rotatable bonds is 26. The molecule has 0 atom stereocenters. The quantitative estimate of drug-likeness (QED) is 0.0845. The van der Waals surface area contributed by atoms with Gasteiger partial charge in [0.25, 0.3) is 0 Å². The summed E-state index contributed by atoms with van der Waals surface area (Å²) in [6.07, 6.45) is 31.9. The molecule has 0 aromatic rings. The lowest BCUT2D eigenvalue weighted by atomic mass is 10.0. The molecule has 0 aliphatic heterocycles. The highest BCUT2D eigenvalue weighted by Crippen LogP contribution is 2.18. The van der Waals surface area contributed by atoms with Crippen LogP contribution >= 0.6 is 0 Å². The van der Waals surface area contributed by atoms with Gasteiger partial charge in [0.15, 0.2) is 0 Å². The standard InChI is InChI=1S/C30H64N.BrO3/c1-5-9-13-14-15-16-17-18-19-20-21-22-23-24-25-26-30-31(27-10-6-2,28-11-7-3)29-12-8-4;2-1(3)4/h5-30H2,1-4H3;/q+1;-1. The molecule has 35 heavy (non-hydrogen) atoms. The van der Waals surface area contributed by atoms with E-state index in [2.05, 4.69) is 27.7 Å². The molecule has 0 aromatic carbocycles. The Hall–Kier alpha value is 0.320. The van der Waals surface area contributed by atoms with Crippen molar-refractivity contribution in [3.63, 3.8) is 0 Å². The summed E-state index contributed by atoms with van der Waals surface area (Å²) in [6, 6.07) is 0. The average Bonchev–Trinajstić information content (AvgIpc) is 2.84. The van der Waals surface area contributed by atoms with Crippen LogP contribution in [0.1, 0.15) is 169 Å². The molecule has 0 unspecified atom stereocenters. The van der Waals surface area contributed by atoms with Crippen LogP contribution in [0.3, 0.4) is 0 Å². The Morgan fingerprint density at radius 1 is 0.343 bits per heavy atom. The molecule has 0 heterocycles. The number of nitrogens with zero attached hydrogens (tertiary/aromatic N) is 1. The van der Waals surface area contributed by atoms with Gasteiger partial charge in [0.2, 0.25) is 14.8 Å². The van der Waals surface area contributed by atoms with E-state index < -0.39 is 14.8 Å². The van der Waals surface area contributed by atoms with E-state index >= 15 is 0 Å². The van der Waals surface area contributed by atoms with Gasteiger partial charge in [-0.05, 0) is 32.1 Å². The van der Waals surface area contributed by atoms with Crippen LogP contribution in [0.4, 0.5) is 0 Å². The highest BCUT2D eigenvalue weighted by Gasteiger charge is 2.24. The fourth-order valence-corrected chi connectivity index (χ4v) is 5.15. The van der Waals surface area contributed by atoms with Crippen LogP contribution in [0.5, 0.6) is 0 Å². The molecule has 0 saturated carbocycles. The molecule has 0 fully saturated rings. The Balaban J connectivity index is 0. The molecule has 0 radical (unpaired) electrons. The summed E-state index contributed by atoms with van der Waals surface area (Å²) < 4.78 is 27.0.